The largest absolute Gasteiger partial charge is 0.493 e. The Balaban J connectivity index is 2.40. The second-order valence-corrected chi connectivity index (χ2v) is 4.35. The fourth-order valence-corrected chi connectivity index (χ4v) is 1.29. The summed E-state index contributed by atoms with van der Waals surface area (Å²) < 4.78 is 11.2. The van der Waals surface area contributed by atoms with Crippen molar-refractivity contribution < 1.29 is 9.47 Å². The molecule has 1 aromatic rings. The molecule has 0 N–H and O–H groups in total. The van der Waals surface area contributed by atoms with Crippen LogP contribution >= 0.6 is 0 Å². The van der Waals surface area contributed by atoms with Gasteiger partial charge in [-0.3, -0.25) is 0 Å². The van der Waals surface area contributed by atoms with Crippen LogP contribution in [0.4, 0.5) is 0 Å². The van der Waals surface area contributed by atoms with Crippen molar-refractivity contribution in [2.45, 2.75) is 33.6 Å². The van der Waals surface area contributed by atoms with Gasteiger partial charge in [-0.05, 0) is 30.9 Å². The lowest BCUT2D eigenvalue weighted by Gasteiger charge is -2.10. The van der Waals surface area contributed by atoms with Gasteiger partial charge in [-0.2, -0.15) is 0 Å². The molecule has 90 valence electrons. The highest BCUT2D eigenvalue weighted by Crippen LogP contribution is 2.19. The van der Waals surface area contributed by atoms with Gasteiger partial charge in [-0.1, -0.05) is 26.8 Å². The average molecular weight is 222 g/mol. The Labute approximate surface area is 98.6 Å². The second-order valence-electron chi connectivity index (χ2n) is 4.35. The Hall–Kier alpha value is -1.18. The third-order valence-electron chi connectivity index (χ3n) is 2.24. The zero-order chi connectivity index (χ0) is 11.8. The minimum absolute atomic E-state index is 0.680. The van der Waals surface area contributed by atoms with Gasteiger partial charge >= 0.3 is 0 Å². The smallest absolute Gasteiger partial charge is 0.122 e. The highest BCUT2D eigenvalue weighted by atomic mass is 16.5. The van der Waals surface area contributed by atoms with E-state index < -0.39 is 0 Å². The van der Waals surface area contributed by atoms with Gasteiger partial charge in [0.2, 0.25) is 0 Å². The Morgan fingerprint density at radius 1 is 1.06 bits per heavy atom. The first-order valence-electron chi connectivity index (χ1n) is 6.08. The van der Waals surface area contributed by atoms with Crippen LogP contribution in [-0.4, -0.2) is 13.2 Å². The molecule has 2 nitrogen and oxygen atoms in total. The Bertz CT molecular complexity index is 295. The third kappa shape index (κ3) is 5.06. The Kier molecular flexibility index (Phi) is 5.76. The first-order chi connectivity index (χ1) is 7.72. The predicted molar refractivity (Wildman–Crippen MR) is 67.2 cm³/mol. The summed E-state index contributed by atoms with van der Waals surface area (Å²) in [6.07, 6.45) is 2.11. The van der Waals surface area contributed by atoms with E-state index in [-0.39, 0.29) is 0 Å². The monoisotopic (exact) mass is 222 g/mol. The van der Waals surface area contributed by atoms with Crippen molar-refractivity contribution in [1.82, 2.24) is 0 Å². The van der Waals surface area contributed by atoms with E-state index >= 15 is 0 Å². The average Bonchev–Trinajstić information content (AvgIpc) is 2.26. The van der Waals surface area contributed by atoms with Gasteiger partial charge in [0.05, 0.1) is 13.2 Å². The van der Waals surface area contributed by atoms with E-state index in [1.165, 1.54) is 0 Å². The molecule has 0 fully saturated rings. The maximum absolute atomic E-state index is 5.66. The molecule has 0 atom stereocenters. The van der Waals surface area contributed by atoms with Crippen LogP contribution in [0.2, 0.25) is 0 Å². The van der Waals surface area contributed by atoms with Crippen LogP contribution in [0.5, 0.6) is 11.5 Å². The highest BCUT2D eigenvalue weighted by molar-refractivity contribution is 5.32. The molecule has 1 rings (SSSR count). The van der Waals surface area contributed by atoms with Crippen molar-refractivity contribution >= 4 is 0 Å². The van der Waals surface area contributed by atoms with Crippen LogP contribution in [0, 0.1) is 5.92 Å². The Morgan fingerprint density at radius 3 is 2.25 bits per heavy atom. The van der Waals surface area contributed by atoms with Crippen LogP contribution in [0.3, 0.4) is 0 Å². The number of hydrogen-bond donors (Lipinski definition) is 0. The molecule has 0 aliphatic carbocycles. The van der Waals surface area contributed by atoms with E-state index in [0.717, 1.165) is 37.6 Å². The molecule has 0 aliphatic rings. The topological polar surface area (TPSA) is 18.5 Å². The molecular formula is C14H22O2. The fourth-order valence-electron chi connectivity index (χ4n) is 1.29. The van der Waals surface area contributed by atoms with E-state index in [2.05, 4.69) is 20.8 Å². The first-order valence-corrected chi connectivity index (χ1v) is 6.08. The molecule has 0 amide bonds. The lowest BCUT2D eigenvalue weighted by atomic mass is 10.1. The summed E-state index contributed by atoms with van der Waals surface area (Å²) in [5.41, 5.74) is 0. The van der Waals surface area contributed by atoms with Gasteiger partial charge in [0, 0.05) is 6.07 Å². The minimum atomic E-state index is 0.680. The fraction of sp³-hybridized carbons (Fsp3) is 0.571. The summed E-state index contributed by atoms with van der Waals surface area (Å²) >= 11 is 0. The summed E-state index contributed by atoms with van der Waals surface area (Å²) in [5.74, 6) is 2.47. The standard InChI is InChI=1S/C14H22O2/c1-4-9-15-13-6-5-7-14(11-13)16-10-8-12(2)3/h5-7,11-12H,4,8-10H2,1-3H3. The van der Waals surface area contributed by atoms with Crippen molar-refractivity contribution in [3.05, 3.63) is 24.3 Å². The quantitative estimate of drug-likeness (QED) is 0.696. The van der Waals surface area contributed by atoms with Crippen molar-refractivity contribution in [1.29, 1.82) is 0 Å². The lowest BCUT2D eigenvalue weighted by molar-refractivity contribution is 0.283. The van der Waals surface area contributed by atoms with Crippen LogP contribution in [0.15, 0.2) is 24.3 Å². The molecule has 0 heterocycles. The van der Waals surface area contributed by atoms with E-state index in [0.29, 0.717) is 5.92 Å². The summed E-state index contributed by atoms with van der Waals surface area (Å²) in [6, 6.07) is 7.86. The van der Waals surface area contributed by atoms with Gasteiger partial charge in [-0.25, -0.2) is 0 Å². The van der Waals surface area contributed by atoms with Gasteiger partial charge in [0.1, 0.15) is 11.5 Å². The second kappa shape index (κ2) is 7.15. The third-order valence-corrected chi connectivity index (χ3v) is 2.24. The first kappa shape index (κ1) is 12.9. The van der Waals surface area contributed by atoms with E-state index in [1.54, 1.807) is 0 Å². The molecule has 0 unspecified atom stereocenters. The zero-order valence-corrected chi connectivity index (χ0v) is 10.5. The molecule has 0 aliphatic heterocycles. The molecule has 0 aromatic heterocycles. The molecule has 0 saturated carbocycles. The molecule has 1 aromatic carbocycles. The van der Waals surface area contributed by atoms with Gasteiger partial charge in [0.15, 0.2) is 0 Å². The van der Waals surface area contributed by atoms with E-state index in [1.807, 2.05) is 24.3 Å². The summed E-state index contributed by atoms with van der Waals surface area (Å²) in [6.45, 7) is 8.03. The van der Waals surface area contributed by atoms with Crippen LogP contribution in [0.1, 0.15) is 33.6 Å². The van der Waals surface area contributed by atoms with Gasteiger partial charge < -0.3 is 9.47 Å². The molecule has 0 saturated heterocycles. The normalized spacial score (nSPS) is 10.5. The molecule has 0 spiro atoms. The number of benzene rings is 1. The van der Waals surface area contributed by atoms with Crippen LogP contribution in [0.25, 0.3) is 0 Å². The maximum Gasteiger partial charge on any atom is 0.122 e. The van der Waals surface area contributed by atoms with Crippen molar-refractivity contribution in [2.24, 2.45) is 5.92 Å². The van der Waals surface area contributed by atoms with Crippen molar-refractivity contribution in [3.63, 3.8) is 0 Å². The number of ether oxygens (including phenoxy) is 2. The van der Waals surface area contributed by atoms with Crippen molar-refractivity contribution in [2.75, 3.05) is 13.2 Å². The summed E-state index contributed by atoms with van der Waals surface area (Å²) in [5, 5.41) is 0. The molecule has 0 bridgehead atoms. The number of hydrogen-bond acceptors (Lipinski definition) is 2. The SMILES string of the molecule is CCCOc1cccc(OCCC(C)C)c1. The highest BCUT2D eigenvalue weighted by Gasteiger charge is 1.99. The molecule has 2 heteroatoms. The predicted octanol–water partition coefficient (Wildman–Crippen LogP) is 3.90. The molecular weight excluding hydrogens is 200 g/mol. The van der Waals surface area contributed by atoms with Crippen molar-refractivity contribution in [3.8, 4) is 11.5 Å². The van der Waals surface area contributed by atoms with E-state index in [9.17, 15) is 0 Å². The minimum Gasteiger partial charge on any atom is -0.493 e. The van der Waals surface area contributed by atoms with Gasteiger partial charge in [-0.15, -0.1) is 0 Å². The maximum atomic E-state index is 5.66. The van der Waals surface area contributed by atoms with Crippen LogP contribution in [-0.2, 0) is 0 Å². The van der Waals surface area contributed by atoms with Crippen LogP contribution < -0.4 is 9.47 Å². The molecule has 0 radical (unpaired) electrons. The van der Waals surface area contributed by atoms with Gasteiger partial charge in [0.25, 0.3) is 0 Å². The molecule has 16 heavy (non-hydrogen) atoms. The zero-order valence-electron chi connectivity index (χ0n) is 10.5. The summed E-state index contributed by atoms with van der Waals surface area (Å²) in [4.78, 5) is 0. The number of rotatable bonds is 7. The van der Waals surface area contributed by atoms with E-state index in [4.69, 9.17) is 9.47 Å². The Morgan fingerprint density at radius 2 is 1.69 bits per heavy atom. The summed E-state index contributed by atoms with van der Waals surface area (Å²) in [7, 11) is 0. The lowest BCUT2D eigenvalue weighted by Crippen LogP contribution is -2.01.